The van der Waals surface area contributed by atoms with Gasteiger partial charge in [0.15, 0.2) is 11.5 Å². The van der Waals surface area contributed by atoms with Crippen LogP contribution in [0.5, 0.6) is 5.75 Å². The molecule has 158 valence electrons. The van der Waals surface area contributed by atoms with Crippen molar-refractivity contribution in [1.29, 1.82) is 0 Å². The summed E-state index contributed by atoms with van der Waals surface area (Å²) in [5.74, 6) is -1.05. The van der Waals surface area contributed by atoms with Crippen molar-refractivity contribution < 1.29 is 33.9 Å². The molecular weight excluding hydrogens is 420 g/mol. The number of rotatable bonds is 10. The zero-order valence-electron chi connectivity index (χ0n) is 15.7. The summed E-state index contributed by atoms with van der Waals surface area (Å²) in [6.07, 6.45) is 0. The van der Waals surface area contributed by atoms with E-state index < -0.39 is 28.3 Å². The lowest BCUT2D eigenvalue weighted by Crippen LogP contribution is -2.31. The van der Waals surface area contributed by atoms with Gasteiger partial charge in [-0.25, -0.2) is 5.26 Å². The van der Waals surface area contributed by atoms with Crippen molar-refractivity contribution >= 4 is 40.8 Å². The molecule has 2 aromatic carbocycles. The van der Waals surface area contributed by atoms with Crippen LogP contribution in [0.2, 0.25) is 0 Å². The number of nitro groups is 1. The second-order valence-corrected chi connectivity index (χ2v) is 6.33. The van der Waals surface area contributed by atoms with E-state index in [4.69, 9.17) is 9.99 Å². The van der Waals surface area contributed by atoms with Gasteiger partial charge < -0.3 is 10.1 Å². The van der Waals surface area contributed by atoms with E-state index in [9.17, 15) is 19.7 Å². The molecule has 1 unspecified atom stereocenters. The van der Waals surface area contributed by atoms with Crippen molar-refractivity contribution in [1.82, 2.24) is 0 Å². The average Bonchev–Trinajstić information content (AvgIpc) is 2.72. The number of nitrogens with zero attached hydrogens (tertiary/aromatic N) is 3. The number of azo groups is 1. The van der Waals surface area contributed by atoms with Crippen LogP contribution in [0.4, 0.5) is 17.1 Å². The number of ketones is 1. The Kier molecular flexibility index (Phi) is 8.37. The summed E-state index contributed by atoms with van der Waals surface area (Å²) < 4.78 is 9.40. The first-order chi connectivity index (χ1) is 14.4. The molecule has 0 saturated heterocycles. The molecule has 0 aliphatic rings. The fourth-order valence-corrected chi connectivity index (χ4v) is 2.62. The van der Waals surface area contributed by atoms with Gasteiger partial charge in [-0.3, -0.25) is 19.7 Å². The molecule has 0 aliphatic heterocycles. The Labute approximate surface area is 174 Å². The van der Waals surface area contributed by atoms with E-state index in [2.05, 4.69) is 24.9 Å². The van der Waals surface area contributed by atoms with Crippen LogP contribution in [0.3, 0.4) is 0 Å². The molecule has 2 N–H and O–H groups in total. The van der Waals surface area contributed by atoms with Crippen LogP contribution in [0.1, 0.15) is 6.92 Å². The molecule has 0 aromatic heterocycles. The summed E-state index contributed by atoms with van der Waals surface area (Å²) in [5, 5.41) is 32.8. The van der Waals surface area contributed by atoms with Gasteiger partial charge in [0.2, 0.25) is 6.04 Å². The minimum atomic E-state index is -1.55. The molecule has 1 amide bonds. The van der Waals surface area contributed by atoms with E-state index in [0.29, 0.717) is 23.5 Å². The number of benzene rings is 2. The third kappa shape index (κ3) is 6.05. The number of carbonyl (C=O) groups is 2. The van der Waals surface area contributed by atoms with E-state index in [1.165, 1.54) is 19.2 Å². The summed E-state index contributed by atoms with van der Waals surface area (Å²) >= 11 is 0.551. The molecule has 13 heteroatoms. The second kappa shape index (κ2) is 11.0. The van der Waals surface area contributed by atoms with Crippen molar-refractivity contribution in [2.24, 2.45) is 10.2 Å². The van der Waals surface area contributed by atoms with Crippen molar-refractivity contribution in [3.05, 3.63) is 52.6 Å². The number of hydrogen-bond donors (Lipinski definition) is 2. The maximum absolute atomic E-state index is 12.5. The number of methoxy groups -OCH3 is 1. The Morgan fingerprint density at radius 3 is 2.63 bits per heavy atom. The van der Waals surface area contributed by atoms with Crippen LogP contribution in [0, 0.1) is 10.1 Å². The molecule has 1 atom stereocenters. The standard InChI is InChI=1S/C17H16N4O8S/c1-10(22)16(17(23)18-12-5-3-4-6-15(12)27-2)20-19-13-9-11(30-29-28-26)7-8-14(13)21(24)25/h3-9,16,26H,1-2H3,(H,18,23). The van der Waals surface area contributed by atoms with Gasteiger partial charge in [-0.15, -0.1) is 9.45 Å². The van der Waals surface area contributed by atoms with Gasteiger partial charge in [-0.05, 0) is 31.2 Å². The summed E-state index contributed by atoms with van der Waals surface area (Å²) in [5.41, 5.74) is -0.333. The lowest BCUT2D eigenvalue weighted by Gasteiger charge is -2.12. The highest BCUT2D eigenvalue weighted by Gasteiger charge is 2.25. The molecule has 0 aliphatic carbocycles. The van der Waals surface area contributed by atoms with Gasteiger partial charge in [-0.2, -0.15) is 5.11 Å². The smallest absolute Gasteiger partial charge is 0.296 e. The predicted molar refractivity (Wildman–Crippen MR) is 104 cm³/mol. The Balaban J connectivity index is 2.30. The van der Waals surface area contributed by atoms with E-state index in [-0.39, 0.29) is 10.6 Å². The number of carbonyl (C=O) groups excluding carboxylic acids is 2. The van der Waals surface area contributed by atoms with Crippen LogP contribution < -0.4 is 10.1 Å². The number of anilines is 1. The summed E-state index contributed by atoms with van der Waals surface area (Å²) in [7, 11) is 1.42. The third-order valence-corrected chi connectivity index (χ3v) is 4.16. The van der Waals surface area contributed by atoms with Gasteiger partial charge in [-0.1, -0.05) is 17.2 Å². The number of amides is 1. The van der Waals surface area contributed by atoms with Crippen molar-refractivity contribution in [3.8, 4) is 5.75 Å². The van der Waals surface area contributed by atoms with E-state index in [0.717, 1.165) is 13.0 Å². The van der Waals surface area contributed by atoms with Crippen LogP contribution in [-0.4, -0.2) is 35.0 Å². The van der Waals surface area contributed by atoms with Gasteiger partial charge >= 0.3 is 0 Å². The normalized spacial score (nSPS) is 11.8. The molecule has 2 aromatic rings. The Hall–Kier alpha value is -3.39. The maximum Gasteiger partial charge on any atom is 0.296 e. The number of hydrogen-bond acceptors (Lipinski definition) is 11. The first-order valence-electron chi connectivity index (χ1n) is 8.15. The van der Waals surface area contributed by atoms with Crippen LogP contribution in [-0.2, 0) is 19.0 Å². The third-order valence-electron chi connectivity index (χ3n) is 3.58. The zero-order chi connectivity index (χ0) is 22.1. The number of ether oxygens (including phenoxy) is 1. The number of nitrogens with one attached hydrogen (secondary N) is 1. The second-order valence-electron chi connectivity index (χ2n) is 5.55. The Morgan fingerprint density at radius 1 is 1.27 bits per heavy atom. The van der Waals surface area contributed by atoms with Gasteiger partial charge in [0.1, 0.15) is 5.75 Å². The minimum Gasteiger partial charge on any atom is -0.495 e. The van der Waals surface area contributed by atoms with Crippen LogP contribution >= 0.6 is 12.0 Å². The topological polar surface area (TPSA) is 162 Å². The molecule has 0 bridgehead atoms. The molecule has 0 saturated carbocycles. The average molecular weight is 436 g/mol. The van der Waals surface area contributed by atoms with Crippen LogP contribution in [0.25, 0.3) is 0 Å². The highest BCUT2D eigenvalue weighted by atomic mass is 32.2. The largest absolute Gasteiger partial charge is 0.495 e. The number of Topliss-reactive ketones (excluding diaryl/α,β-unsaturated/α-hetero) is 1. The molecule has 30 heavy (non-hydrogen) atoms. The van der Waals surface area contributed by atoms with Gasteiger partial charge in [0.25, 0.3) is 11.6 Å². The lowest BCUT2D eigenvalue weighted by atomic mass is 10.2. The highest BCUT2D eigenvalue weighted by Crippen LogP contribution is 2.33. The minimum absolute atomic E-state index is 0.233. The maximum atomic E-state index is 12.5. The number of para-hydroxylation sites is 2. The van der Waals surface area contributed by atoms with E-state index in [1.807, 2.05) is 0 Å². The number of nitro benzene ring substituents is 1. The molecule has 12 nitrogen and oxygen atoms in total. The summed E-state index contributed by atoms with van der Waals surface area (Å²) in [4.78, 5) is 35.2. The predicted octanol–water partition coefficient (Wildman–Crippen LogP) is 3.71. The van der Waals surface area contributed by atoms with Crippen molar-refractivity contribution in [2.45, 2.75) is 17.9 Å². The molecular formula is C17H16N4O8S. The van der Waals surface area contributed by atoms with Crippen LogP contribution in [0.15, 0.2) is 57.6 Å². The highest BCUT2D eigenvalue weighted by molar-refractivity contribution is 7.94. The molecule has 0 fully saturated rings. The molecule has 0 radical (unpaired) electrons. The lowest BCUT2D eigenvalue weighted by molar-refractivity contribution is -0.432. The summed E-state index contributed by atoms with van der Waals surface area (Å²) in [6.45, 7) is 1.14. The van der Waals surface area contributed by atoms with Gasteiger partial charge in [0, 0.05) is 11.0 Å². The quantitative estimate of drug-likeness (QED) is 0.141. The molecule has 0 heterocycles. The van der Waals surface area contributed by atoms with Crippen molar-refractivity contribution in [2.75, 3.05) is 12.4 Å². The van der Waals surface area contributed by atoms with E-state index in [1.54, 1.807) is 24.3 Å². The Bertz CT molecular complexity index is 969. The SMILES string of the molecule is COc1ccccc1NC(=O)C(N=Nc1cc(SOOO)ccc1[N+](=O)[O-])C(C)=O. The monoisotopic (exact) mass is 436 g/mol. The summed E-state index contributed by atoms with van der Waals surface area (Å²) in [6, 6.07) is 8.64. The zero-order valence-corrected chi connectivity index (χ0v) is 16.5. The van der Waals surface area contributed by atoms with E-state index >= 15 is 0 Å². The first-order valence-corrected chi connectivity index (χ1v) is 8.90. The van der Waals surface area contributed by atoms with Crippen molar-refractivity contribution in [3.63, 3.8) is 0 Å². The first kappa shape index (κ1) is 22.9. The Morgan fingerprint density at radius 2 is 2.00 bits per heavy atom. The molecule has 0 spiro atoms. The fraction of sp³-hybridized carbons (Fsp3) is 0.176. The fourth-order valence-electron chi connectivity index (χ4n) is 2.23. The molecule has 2 rings (SSSR count). The van der Waals surface area contributed by atoms with Gasteiger partial charge in [0.05, 0.1) is 29.8 Å².